The Kier molecular flexibility index (Phi) is 2.98. The van der Waals surface area contributed by atoms with E-state index >= 15 is 0 Å². The van der Waals surface area contributed by atoms with Crippen molar-refractivity contribution in [3.8, 4) is 6.07 Å². The summed E-state index contributed by atoms with van der Waals surface area (Å²) < 4.78 is 29.4. The maximum absolute atomic E-state index is 8.77. The monoisotopic (exact) mass is 281 g/mol. The van der Waals surface area contributed by atoms with Crippen LogP contribution in [0.1, 0.15) is 27.7 Å². The lowest BCUT2D eigenvalue weighted by molar-refractivity contribution is -0.253. The minimum Gasteiger partial charge on any atom is -0.342 e. The lowest BCUT2D eigenvalue weighted by Gasteiger charge is -2.38. The molecule has 3 fully saturated rings. The number of hydrogen-bond donors (Lipinski definition) is 0. The summed E-state index contributed by atoms with van der Waals surface area (Å²) in [7, 11) is 0. The standard InChI is InChI=1S/C14H19NO5/c1-12(2)17-9-8-16-14(6-5-7-15)11(10(9)18-12)19-13(3,4)20-14/h5-6,9-11H,8H2,1-4H3/b6-5+/t9-,10-,11+,14+/m1/s1. The van der Waals surface area contributed by atoms with Crippen molar-refractivity contribution in [2.24, 2.45) is 0 Å². The van der Waals surface area contributed by atoms with E-state index in [1.54, 1.807) is 6.08 Å². The molecular formula is C14H19NO5. The third kappa shape index (κ3) is 2.16. The number of allylic oxidation sites excluding steroid dienone is 1. The number of nitrogens with zero attached hydrogens (tertiary/aromatic N) is 1. The van der Waals surface area contributed by atoms with Crippen LogP contribution in [0.15, 0.2) is 12.2 Å². The Morgan fingerprint density at radius 2 is 1.85 bits per heavy atom. The van der Waals surface area contributed by atoms with Gasteiger partial charge >= 0.3 is 0 Å². The Balaban J connectivity index is 1.94. The summed E-state index contributed by atoms with van der Waals surface area (Å²) >= 11 is 0. The van der Waals surface area contributed by atoms with Crippen LogP contribution in [0.25, 0.3) is 0 Å². The molecule has 20 heavy (non-hydrogen) atoms. The van der Waals surface area contributed by atoms with Crippen molar-refractivity contribution in [1.82, 2.24) is 0 Å². The van der Waals surface area contributed by atoms with Gasteiger partial charge in [0.2, 0.25) is 5.79 Å². The molecule has 6 heteroatoms. The maximum atomic E-state index is 8.77. The van der Waals surface area contributed by atoms with E-state index in [0.29, 0.717) is 6.61 Å². The molecule has 0 bridgehead atoms. The number of ether oxygens (including phenoxy) is 5. The Morgan fingerprint density at radius 1 is 1.10 bits per heavy atom. The van der Waals surface area contributed by atoms with Gasteiger partial charge in [-0.1, -0.05) is 0 Å². The first kappa shape index (κ1) is 14.0. The average Bonchev–Trinajstić information content (AvgIpc) is 2.78. The largest absolute Gasteiger partial charge is 0.342 e. The lowest BCUT2D eigenvalue weighted by atomic mass is 9.96. The first-order valence-electron chi connectivity index (χ1n) is 6.72. The van der Waals surface area contributed by atoms with Gasteiger partial charge in [0.25, 0.3) is 0 Å². The van der Waals surface area contributed by atoms with Crippen molar-refractivity contribution in [3.05, 3.63) is 12.2 Å². The van der Waals surface area contributed by atoms with Crippen molar-refractivity contribution >= 4 is 0 Å². The zero-order valence-electron chi connectivity index (χ0n) is 12.1. The molecule has 0 aromatic heterocycles. The van der Waals surface area contributed by atoms with E-state index < -0.39 is 23.5 Å². The quantitative estimate of drug-likeness (QED) is 0.678. The number of rotatable bonds is 1. The molecule has 0 radical (unpaired) electrons. The number of hydrogen-bond acceptors (Lipinski definition) is 6. The lowest BCUT2D eigenvalue weighted by Crippen LogP contribution is -2.57. The van der Waals surface area contributed by atoms with Gasteiger partial charge in [0.05, 0.1) is 12.7 Å². The van der Waals surface area contributed by atoms with E-state index in [1.165, 1.54) is 6.08 Å². The van der Waals surface area contributed by atoms with Crippen LogP contribution in [0.5, 0.6) is 0 Å². The molecule has 3 rings (SSSR count). The molecule has 0 spiro atoms. The second-order valence-electron chi connectivity index (χ2n) is 6.17. The first-order chi connectivity index (χ1) is 9.27. The van der Waals surface area contributed by atoms with Crippen LogP contribution >= 0.6 is 0 Å². The molecule has 0 amide bonds. The highest BCUT2D eigenvalue weighted by Gasteiger charge is 2.64. The van der Waals surface area contributed by atoms with Crippen LogP contribution in [0.2, 0.25) is 0 Å². The summed E-state index contributed by atoms with van der Waals surface area (Å²) in [4.78, 5) is 0. The summed E-state index contributed by atoms with van der Waals surface area (Å²) in [6.07, 6.45) is 1.98. The summed E-state index contributed by atoms with van der Waals surface area (Å²) in [6, 6.07) is 1.96. The van der Waals surface area contributed by atoms with Gasteiger partial charge in [0.1, 0.15) is 18.3 Å². The smallest absolute Gasteiger partial charge is 0.221 e. The second kappa shape index (κ2) is 4.26. The Labute approximate surface area is 118 Å². The molecule has 3 aliphatic rings. The highest BCUT2D eigenvalue weighted by Crippen LogP contribution is 2.47. The van der Waals surface area contributed by atoms with E-state index in [1.807, 2.05) is 33.8 Å². The van der Waals surface area contributed by atoms with Crippen LogP contribution in [-0.4, -0.2) is 42.3 Å². The molecule has 0 aromatic carbocycles. The van der Waals surface area contributed by atoms with E-state index in [0.717, 1.165) is 0 Å². The fourth-order valence-corrected chi connectivity index (χ4v) is 3.05. The molecule has 0 N–H and O–H groups in total. The van der Waals surface area contributed by atoms with E-state index in [2.05, 4.69) is 0 Å². The van der Waals surface area contributed by atoms with Gasteiger partial charge in [-0.3, -0.25) is 0 Å². The van der Waals surface area contributed by atoms with Gasteiger partial charge in [-0.2, -0.15) is 5.26 Å². The molecule has 4 atom stereocenters. The molecule has 6 nitrogen and oxygen atoms in total. The minimum absolute atomic E-state index is 0.198. The second-order valence-corrected chi connectivity index (χ2v) is 6.17. The zero-order valence-corrected chi connectivity index (χ0v) is 12.1. The average molecular weight is 281 g/mol. The van der Waals surface area contributed by atoms with E-state index in [4.69, 9.17) is 28.9 Å². The molecule has 0 unspecified atom stereocenters. The fourth-order valence-electron chi connectivity index (χ4n) is 3.05. The van der Waals surface area contributed by atoms with Crippen molar-refractivity contribution < 1.29 is 23.7 Å². The van der Waals surface area contributed by atoms with Crippen LogP contribution in [0, 0.1) is 11.3 Å². The van der Waals surface area contributed by atoms with Gasteiger partial charge in [-0.25, -0.2) is 0 Å². The van der Waals surface area contributed by atoms with Gasteiger partial charge in [-0.05, 0) is 33.8 Å². The van der Waals surface area contributed by atoms with Crippen LogP contribution in [0.4, 0.5) is 0 Å². The van der Waals surface area contributed by atoms with Crippen molar-refractivity contribution in [1.29, 1.82) is 5.26 Å². The van der Waals surface area contributed by atoms with Crippen molar-refractivity contribution in [2.75, 3.05) is 6.61 Å². The predicted molar refractivity (Wildman–Crippen MR) is 67.3 cm³/mol. The normalized spacial score (nSPS) is 45.0. The Bertz CT molecular complexity index is 480. The van der Waals surface area contributed by atoms with Gasteiger partial charge in [0.15, 0.2) is 11.6 Å². The highest BCUT2D eigenvalue weighted by molar-refractivity contribution is 5.16. The maximum Gasteiger partial charge on any atom is 0.221 e. The van der Waals surface area contributed by atoms with Crippen LogP contribution in [0.3, 0.4) is 0 Å². The fraction of sp³-hybridized carbons (Fsp3) is 0.786. The first-order valence-corrected chi connectivity index (χ1v) is 6.72. The molecule has 3 heterocycles. The number of fused-ring (bicyclic) bond motifs is 3. The summed E-state index contributed by atoms with van der Waals surface area (Å²) in [5.74, 6) is -2.58. The third-order valence-electron chi connectivity index (χ3n) is 3.60. The summed E-state index contributed by atoms with van der Waals surface area (Å²) in [5.41, 5.74) is 0. The molecule has 3 saturated heterocycles. The molecule has 0 aliphatic carbocycles. The van der Waals surface area contributed by atoms with E-state index in [-0.39, 0.29) is 12.2 Å². The topological polar surface area (TPSA) is 69.9 Å². The van der Waals surface area contributed by atoms with Gasteiger partial charge in [-0.15, -0.1) is 0 Å². The Hall–Kier alpha value is -0.970. The minimum atomic E-state index is -1.09. The van der Waals surface area contributed by atoms with Crippen LogP contribution < -0.4 is 0 Å². The molecule has 110 valence electrons. The molecule has 0 aromatic rings. The zero-order chi connectivity index (χ0) is 14.6. The predicted octanol–water partition coefficient (Wildman–Crippen LogP) is 1.46. The van der Waals surface area contributed by atoms with Gasteiger partial charge in [0, 0.05) is 6.08 Å². The Morgan fingerprint density at radius 3 is 2.55 bits per heavy atom. The molecular weight excluding hydrogens is 262 g/mol. The summed E-state index contributed by atoms with van der Waals surface area (Å²) in [5, 5.41) is 8.77. The summed E-state index contributed by atoms with van der Waals surface area (Å²) in [6.45, 7) is 7.68. The van der Waals surface area contributed by atoms with Gasteiger partial charge < -0.3 is 23.7 Å². The van der Waals surface area contributed by atoms with Crippen LogP contribution in [-0.2, 0) is 23.7 Å². The number of nitriles is 1. The van der Waals surface area contributed by atoms with Crippen molar-refractivity contribution in [2.45, 2.75) is 63.4 Å². The SMILES string of the molecule is CC1(C)O[C@@H]2[C@@H](CO[C@@]3(/C=C/C#N)OC(C)(C)O[C@@H]23)O1. The van der Waals surface area contributed by atoms with E-state index in [9.17, 15) is 0 Å². The highest BCUT2D eigenvalue weighted by atomic mass is 16.9. The molecule has 3 aliphatic heterocycles. The third-order valence-corrected chi connectivity index (χ3v) is 3.60. The van der Waals surface area contributed by atoms with Crippen molar-refractivity contribution in [3.63, 3.8) is 0 Å². The molecule has 0 saturated carbocycles.